The SMILES string of the molecule is CC(=O)N(CCC(=O)Nc1ccc(C(F)(F)F)cc1)c1ccc(F)cc1F. The van der Waals surface area contributed by atoms with Gasteiger partial charge in [-0.3, -0.25) is 9.59 Å². The van der Waals surface area contributed by atoms with E-state index in [0.717, 1.165) is 48.2 Å². The van der Waals surface area contributed by atoms with Crippen LogP contribution in [0.5, 0.6) is 0 Å². The fraction of sp³-hybridized carbons (Fsp3) is 0.222. The predicted molar refractivity (Wildman–Crippen MR) is 89.1 cm³/mol. The summed E-state index contributed by atoms with van der Waals surface area (Å²) in [7, 11) is 0. The second-order valence-electron chi connectivity index (χ2n) is 5.64. The average Bonchev–Trinajstić information content (AvgIpc) is 2.56. The maximum Gasteiger partial charge on any atom is 0.416 e. The van der Waals surface area contributed by atoms with Crippen molar-refractivity contribution >= 4 is 23.2 Å². The van der Waals surface area contributed by atoms with E-state index in [2.05, 4.69) is 5.32 Å². The van der Waals surface area contributed by atoms with Crippen molar-refractivity contribution in [2.75, 3.05) is 16.8 Å². The molecule has 0 atom stereocenters. The Balaban J connectivity index is 2.01. The molecule has 1 N–H and O–H groups in total. The highest BCUT2D eigenvalue weighted by Gasteiger charge is 2.30. The molecular formula is C18H15F5N2O2. The Morgan fingerprint density at radius 2 is 1.67 bits per heavy atom. The van der Waals surface area contributed by atoms with Crippen LogP contribution in [0.3, 0.4) is 0 Å². The molecule has 9 heteroatoms. The summed E-state index contributed by atoms with van der Waals surface area (Å²) in [6.45, 7) is 0.973. The minimum absolute atomic E-state index is 0.148. The van der Waals surface area contributed by atoms with E-state index in [1.54, 1.807) is 0 Å². The molecule has 2 amide bonds. The molecule has 0 unspecified atom stereocenters. The maximum atomic E-state index is 13.8. The quantitative estimate of drug-likeness (QED) is 0.776. The second kappa shape index (κ2) is 8.15. The number of anilines is 2. The van der Waals surface area contributed by atoms with Gasteiger partial charge in [-0.1, -0.05) is 0 Å². The highest BCUT2D eigenvalue weighted by Crippen LogP contribution is 2.29. The van der Waals surface area contributed by atoms with Gasteiger partial charge in [-0.2, -0.15) is 13.2 Å². The monoisotopic (exact) mass is 386 g/mol. The number of hydrogen-bond acceptors (Lipinski definition) is 2. The number of nitrogens with zero attached hydrogens (tertiary/aromatic N) is 1. The normalized spacial score (nSPS) is 11.2. The van der Waals surface area contributed by atoms with E-state index in [-0.39, 0.29) is 24.3 Å². The van der Waals surface area contributed by atoms with Crippen LogP contribution in [0.25, 0.3) is 0 Å². The van der Waals surface area contributed by atoms with Crippen LogP contribution in [0.4, 0.5) is 33.3 Å². The third-order valence-electron chi connectivity index (χ3n) is 3.64. The van der Waals surface area contributed by atoms with Crippen molar-refractivity contribution in [1.82, 2.24) is 0 Å². The van der Waals surface area contributed by atoms with Crippen LogP contribution in [-0.4, -0.2) is 18.4 Å². The van der Waals surface area contributed by atoms with Gasteiger partial charge in [0.1, 0.15) is 11.6 Å². The zero-order chi connectivity index (χ0) is 20.2. The number of carbonyl (C=O) groups excluding carboxylic acids is 2. The van der Waals surface area contributed by atoms with Crippen LogP contribution in [0, 0.1) is 11.6 Å². The second-order valence-corrected chi connectivity index (χ2v) is 5.64. The fourth-order valence-electron chi connectivity index (χ4n) is 2.33. The Bertz CT molecular complexity index is 835. The lowest BCUT2D eigenvalue weighted by molar-refractivity contribution is -0.137. The zero-order valence-corrected chi connectivity index (χ0v) is 14.1. The van der Waals surface area contributed by atoms with E-state index in [4.69, 9.17) is 0 Å². The zero-order valence-electron chi connectivity index (χ0n) is 14.1. The van der Waals surface area contributed by atoms with Crippen molar-refractivity contribution < 1.29 is 31.5 Å². The molecule has 0 aliphatic rings. The lowest BCUT2D eigenvalue weighted by Gasteiger charge is -2.21. The number of rotatable bonds is 5. The molecule has 0 fully saturated rings. The standard InChI is InChI=1S/C18H15F5N2O2/c1-11(26)25(16-7-4-13(19)10-15(16)20)9-8-17(27)24-14-5-2-12(3-6-14)18(21,22)23/h2-7,10H,8-9H2,1H3,(H,24,27). The largest absolute Gasteiger partial charge is 0.416 e. The molecule has 4 nitrogen and oxygen atoms in total. The summed E-state index contributed by atoms with van der Waals surface area (Å²) in [5, 5.41) is 2.39. The van der Waals surface area contributed by atoms with Crippen LogP contribution in [0.1, 0.15) is 18.9 Å². The molecule has 0 bridgehead atoms. The van der Waals surface area contributed by atoms with Crippen molar-refractivity contribution in [2.45, 2.75) is 19.5 Å². The molecule has 0 spiro atoms. The molecule has 0 saturated carbocycles. The molecule has 0 aromatic heterocycles. The number of hydrogen-bond donors (Lipinski definition) is 1. The van der Waals surface area contributed by atoms with Gasteiger partial charge in [-0.05, 0) is 36.4 Å². The van der Waals surface area contributed by atoms with Crippen LogP contribution in [-0.2, 0) is 15.8 Å². The summed E-state index contributed by atoms with van der Waals surface area (Å²) < 4.78 is 64.4. The highest BCUT2D eigenvalue weighted by molar-refractivity contribution is 5.94. The Morgan fingerprint density at radius 1 is 1.04 bits per heavy atom. The van der Waals surface area contributed by atoms with Crippen LogP contribution < -0.4 is 10.2 Å². The molecule has 0 aliphatic carbocycles. The molecule has 27 heavy (non-hydrogen) atoms. The van der Waals surface area contributed by atoms with Gasteiger partial charge in [0.05, 0.1) is 11.3 Å². The van der Waals surface area contributed by atoms with E-state index in [0.29, 0.717) is 6.07 Å². The first-order valence-corrected chi connectivity index (χ1v) is 7.78. The van der Waals surface area contributed by atoms with E-state index in [1.807, 2.05) is 0 Å². The van der Waals surface area contributed by atoms with E-state index in [1.165, 1.54) is 0 Å². The third-order valence-corrected chi connectivity index (χ3v) is 3.64. The molecule has 2 aromatic carbocycles. The smallest absolute Gasteiger partial charge is 0.326 e. The first kappa shape index (κ1) is 20.3. The predicted octanol–water partition coefficient (Wildman–Crippen LogP) is 4.37. The number of alkyl halides is 3. The van der Waals surface area contributed by atoms with Crippen molar-refractivity contribution in [3.63, 3.8) is 0 Å². The van der Waals surface area contributed by atoms with Crippen molar-refractivity contribution in [1.29, 1.82) is 0 Å². The van der Waals surface area contributed by atoms with E-state index in [9.17, 15) is 31.5 Å². The Kier molecular flexibility index (Phi) is 6.14. The minimum Gasteiger partial charge on any atom is -0.326 e. The summed E-state index contributed by atoms with van der Waals surface area (Å²) in [4.78, 5) is 24.7. The third kappa shape index (κ3) is 5.50. The van der Waals surface area contributed by atoms with Gasteiger partial charge in [0.15, 0.2) is 0 Å². The van der Waals surface area contributed by atoms with Gasteiger partial charge in [0, 0.05) is 31.6 Å². The summed E-state index contributed by atoms with van der Waals surface area (Å²) in [6, 6.07) is 6.53. The van der Waals surface area contributed by atoms with Crippen molar-refractivity contribution in [3.8, 4) is 0 Å². The molecule has 0 aliphatic heterocycles. The van der Waals surface area contributed by atoms with Gasteiger partial charge >= 0.3 is 6.18 Å². The number of amides is 2. The average molecular weight is 386 g/mol. The number of nitrogens with one attached hydrogen (secondary N) is 1. The summed E-state index contributed by atoms with van der Waals surface area (Å²) >= 11 is 0. The Hall–Kier alpha value is -2.97. The minimum atomic E-state index is -4.48. The van der Waals surface area contributed by atoms with Gasteiger partial charge in [-0.15, -0.1) is 0 Å². The molecule has 0 heterocycles. The summed E-state index contributed by atoms with van der Waals surface area (Å²) in [5.74, 6) is -2.89. The van der Waals surface area contributed by atoms with E-state index >= 15 is 0 Å². The number of carbonyl (C=O) groups is 2. The molecule has 2 aromatic rings. The van der Waals surface area contributed by atoms with Gasteiger partial charge in [-0.25, -0.2) is 8.78 Å². The Morgan fingerprint density at radius 3 is 2.19 bits per heavy atom. The number of halogens is 5. The molecule has 2 rings (SSSR count). The summed E-state index contributed by atoms with van der Waals surface area (Å²) in [6.07, 6.45) is -4.72. The van der Waals surface area contributed by atoms with Crippen LogP contribution in [0.15, 0.2) is 42.5 Å². The lowest BCUT2D eigenvalue weighted by atomic mass is 10.2. The first-order chi connectivity index (χ1) is 12.6. The van der Waals surface area contributed by atoms with Gasteiger partial charge < -0.3 is 10.2 Å². The Labute approximate surface area is 151 Å². The maximum absolute atomic E-state index is 13.8. The fourth-order valence-corrected chi connectivity index (χ4v) is 2.33. The first-order valence-electron chi connectivity index (χ1n) is 7.78. The summed E-state index contributed by atoms with van der Waals surface area (Å²) in [5.41, 5.74) is -0.878. The van der Waals surface area contributed by atoms with Gasteiger partial charge in [0.2, 0.25) is 11.8 Å². The highest BCUT2D eigenvalue weighted by atomic mass is 19.4. The molecular weight excluding hydrogens is 371 g/mol. The van der Waals surface area contributed by atoms with Gasteiger partial charge in [0.25, 0.3) is 0 Å². The van der Waals surface area contributed by atoms with Crippen molar-refractivity contribution in [3.05, 3.63) is 59.7 Å². The topological polar surface area (TPSA) is 49.4 Å². The van der Waals surface area contributed by atoms with Crippen LogP contribution in [0.2, 0.25) is 0 Å². The molecule has 0 radical (unpaired) electrons. The number of benzene rings is 2. The van der Waals surface area contributed by atoms with E-state index < -0.39 is 35.2 Å². The van der Waals surface area contributed by atoms with Crippen LogP contribution >= 0.6 is 0 Å². The molecule has 144 valence electrons. The van der Waals surface area contributed by atoms with Crippen molar-refractivity contribution in [2.24, 2.45) is 0 Å². The lowest BCUT2D eigenvalue weighted by Crippen LogP contribution is -2.32. The molecule has 0 saturated heterocycles.